The fourth-order valence-electron chi connectivity index (χ4n) is 4.78. The number of anilines is 1. The summed E-state index contributed by atoms with van der Waals surface area (Å²) in [5.41, 5.74) is 13.3. The standard InChI is InChI=1S/C12H14N4O2Se.C10H11N5OSe.C10H10N2O2Se.C6H3ClN2.C4H7ClO2/c1-4-18-12(17)10-9(14-15-16(2)3)8-6-5-7-13-11(8)19-10;1-15(2)14-13-7-6-4-3-5-12-10(6)17-8(7)9(11)16;1-2-14-10(13)8-7(11)6-4-3-5-12-9(6)15-8;7-6-5(4-8)2-1-3-9-6;1-2-7-4(6)3-5/h5-7H,4H2,1-3H3;3-5H,1-2H3,(H2,11,16);3-5H,2,11H2,1H3;1-3H;2-3H2,1H3. The van der Waals surface area contributed by atoms with Gasteiger partial charge in [-0.2, -0.15) is 5.26 Å². The average Bonchev–Trinajstić information content (AvgIpc) is 4.00. The molecule has 0 radical (unpaired) electrons. The first-order chi connectivity index (χ1) is 32.1. The number of alkyl halides is 1. The van der Waals surface area contributed by atoms with Crippen LogP contribution in [0.2, 0.25) is 5.15 Å². The molecule has 67 heavy (non-hydrogen) atoms. The van der Waals surface area contributed by atoms with Gasteiger partial charge in [-0.05, 0) is 19.1 Å². The summed E-state index contributed by atoms with van der Waals surface area (Å²) in [4.78, 5) is 61.4. The number of esters is 3. The summed E-state index contributed by atoms with van der Waals surface area (Å²) in [7, 11) is 7.08. The molecule has 0 fully saturated rings. The van der Waals surface area contributed by atoms with Gasteiger partial charge in [-0.15, -0.1) is 11.6 Å². The van der Waals surface area contributed by atoms with E-state index in [0.29, 0.717) is 55.8 Å². The summed E-state index contributed by atoms with van der Waals surface area (Å²) in [5.74, 6) is -1.49. The molecule has 0 aromatic carbocycles. The molecule has 0 aliphatic heterocycles. The smallest absolute Gasteiger partial charge is 0.146 e. The van der Waals surface area contributed by atoms with Crippen LogP contribution in [0.4, 0.5) is 17.1 Å². The van der Waals surface area contributed by atoms with Crippen LogP contribution in [0.25, 0.3) is 29.3 Å². The van der Waals surface area contributed by atoms with Gasteiger partial charge in [0.25, 0.3) is 0 Å². The Morgan fingerprint density at radius 1 is 0.672 bits per heavy atom. The molecular formula is C42H45Cl2N13O7Se3. The second-order valence-corrected chi connectivity index (χ2v) is 19.7. The van der Waals surface area contributed by atoms with E-state index < -0.39 is 5.91 Å². The number of nitrogens with two attached hydrogens (primary N) is 2. The van der Waals surface area contributed by atoms with Crippen molar-refractivity contribution in [2.75, 3.05) is 59.6 Å². The average molecular weight is 1150 g/mol. The van der Waals surface area contributed by atoms with Crippen LogP contribution in [0.3, 0.4) is 0 Å². The molecule has 0 spiro atoms. The summed E-state index contributed by atoms with van der Waals surface area (Å²) in [6.07, 6.45) is 6.67. The molecule has 25 heteroatoms. The van der Waals surface area contributed by atoms with Crippen molar-refractivity contribution in [3.05, 3.63) is 97.3 Å². The zero-order chi connectivity index (χ0) is 49.5. The van der Waals surface area contributed by atoms with Crippen LogP contribution < -0.4 is 11.5 Å². The number of nitrogens with zero attached hydrogens (tertiary/aromatic N) is 11. The summed E-state index contributed by atoms with van der Waals surface area (Å²) < 4.78 is 18.8. The Morgan fingerprint density at radius 3 is 1.49 bits per heavy atom. The monoisotopic (exact) mass is 1150 g/mol. The van der Waals surface area contributed by atoms with Gasteiger partial charge in [0.1, 0.15) is 17.1 Å². The van der Waals surface area contributed by atoms with Crippen molar-refractivity contribution in [2.45, 2.75) is 20.8 Å². The number of fused-ring (bicyclic) bond motifs is 3. The van der Waals surface area contributed by atoms with Gasteiger partial charge in [0, 0.05) is 6.20 Å². The van der Waals surface area contributed by atoms with E-state index in [1.807, 2.05) is 42.5 Å². The molecule has 4 N–H and O–H groups in total. The first-order valence-corrected chi connectivity index (χ1v) is 25.6. The minimum Gasteiger partial charge on any atom is -0.243 e. The molecule has 7 aromatic heterocycles. The van der Waals surface area contributed by atoms with Crippen LogP contribution in [0, 0.1) is 11.3 Å². The first kappa shape index (κ1) is 55.3. The zero-order valence-electron chi connectivity index (χ0n) is 37.2. The number of pyridine rings is 4. The molecule has 7 rings (SSSR count). The molecule has 0 saturated heterocycles. The van der Waals surface area contributed by atoms with E-state index >= 15 is 0 Å². The third-order valence-electron chi connectivity index (χ3n) is 7.47. The number of nitriles is 1. The molecule has 20 nitrogen and oxygen atoms in total. The molecule has 0 unspecified atom stereocenters. The van der Waals surface area contributed by atoms with Crippen LogP contribution in [-0.4, -0.2) is 151 Å². The number of nitrogen functional groups attached to an aromatic ring is 1. The van der Waals surface area contributed by atoms with Gasteiger partial charge < -0.3 is 4.74 Å². The number of amides is 1. The fraction of sp³-hybridized carbons (Fsp3) is 0.262. The quantitative estimate of drug-likeness (QED) is 0.0269. The molecular weight excluding hydrogens is 1110 g/mol. The van der Waals surface area contributed by atoms with Gasteiger partial charge >= 0.3 is 318 Å². The van der Waals surface area contributed by atoms with Gasteiger partial charge in [0.15, 0.2) is 0 Å². The maximum absolute atomic E-state index is 12.0. The van der Waals surface area contributed by atoms with Crippen molar-refractivity contribution in [3.63, 3.8) is 0 Å². The summed E-state index contributed by atoms with van der Waals surface area (Å²) in [6.45, 7) is 6.43. The number of ether oxygens (including phenoxy) is 3. The van der Waals surface area contributed by atoms with Crippen LogP contribution in [0.15, 0.2) is 94.0 Å². The van der Waals surface area contributed by atoms with Crippen LogP contribution in [0.1, 0.15) is 54.0 Å². The van der Waals surface area contributed by atoms with Crippen LogP contribution >= 0.6 is 23.2 Å². The van der Waals surface area contributed by atoms with E-state index in [1.165, 1.54) is 0 Å². The van der Waals surface area contributed by atoms with Crippen molar-refractivity contribution < 1.29 is 33.4 Å². The van der Waals surface area contributed by atoms with Gasteiger partial charge in [0.05, 0.1) is 12.2 Å². The minimum atomic E-state index is -0.448. The molecule has 7 aromatic rings. The molecule has 0 aliphatic rings. The van der Waals surface area contributed by atoms with Gasteiger partial charge in [-0.25, -0.2) is 4.98 Å². The normalized spacial score (nSPS) is 10.3. The fourth-order valence-corrected chi connectivity index (χ4v) is 11.0. The van der Waals surface area contributed by atoms with Crippen LogP contribution in [-0.2, 0) is 19.0 Å². The maximum atomic E-state index is 12.0. The maximum Gasteiger partial charge on any atom is 0.146 e. The summed E-state index contributed by atoms with van der Waals surface area (Å²) in [5, 5.41) is 30.5. The van der Waals surface area contributed by atoms with E-state index in [-0.39, 0.29) is 72.5 Å². The Balaban J connectivity index is 0.000000231. The van der Waals surface area contributed by atoms with E-state index in [9.17, 15) is 19.2 Å². The number of halogens is 2. The topological polar surface area (TPSA) is 279 Å². The van der Waals surface area contributed by atoms with Crippen molar-refractivity contribution in [2.24, 2.45) is 26.4 Å². The van der Waals surface area contributed by atoms with Crippen molar-refractivity contribution >= 4 is 137 Å². The van der Waals surface area contributed by atoms with E-state index in [1.54, 1.807) is 95.9 Å². The van der Waals surface area contributed by atoms with E-state index in [4.69, 9.17) is 49.4 Å². The number of carbonyl (C=O) groups excluding carboxylic acids is 4. The summed E-state index contributed by atoms with van der Waals surface area (Å²) in [6, 6.07) is 16.3. The number of rotatable bonds is 11. The van der Waals surface area contributed by atoms with Crippen molar-refractivity contribution in [1.82, 2.24) is 30.0 Å². The molecule has 0 bridgehead atoms. The Bertz CT molecular complexity index is 2860. The molecule has 0 atom stereocenters. The van der Waals surface area contributed by atoms with Gasteiger partial charge in [-0.3, -0.25) is 4.79 Å². The van der Waals surface area contributed by atoms with E-state index in [0.717, 1.165) is 29.3 Å². The zero-order valence-corrected chi connectivity index (χ0v) is 43.8. The number of aromatic nitrogens is 4. The SMILES string of the molecule is CCOC(=O)CCl.CCOC(=O)c1[se]c2ncccc2c1N.CCOC(=O)c1[se]c2ncccc2c1N=NN(C)C.CN(C)N=Nc1c(C(N)=O)[se]c2ncccc12.N#Cc1cccnc1Cl. The molecule has 7 heterocycles. The molecule has 1 amide bonds. The number of hydrogen-bond acceptors (Lipinski definition) is 17. The molecule has 352 valence electrons. The first-order valence-electron chi connectivity index (χ1n) is 19.5. The second kappa shape index (κ2) is 28.9. The largest absolute Gasteiger partial charge is 0.243 e. The Kier molecular flexibility index (Phi) is 23.8. The molecule has 0 saturated carbocycles. The minimum absolute atomic E-state index is 0.0478. The van der Waals surface area contributed by atoms with Crippen LogP contribution in [0.5, 0.6) is 0 Å². The number of carbonyl (C=O) groups is 4. The Morgan fingerprint density at radius 2 is 1.09 bits per heavy atom. The number of hydrogen-bond donors (Lipinski definition) is 2. The predicted octanol–water partition coefficient (Wildman–Crippen LogP) is 6.43. The number of primary amides is 1. The third kappa shape index (κ3) is 16.9. The molecule has 0 aliphatic carbocycles. The summed E-state index contributed by atoms with van der Waals surface area (Å²) >= 11 is 10.1. The van der Waals surface area contributed by atoms with Gasteiger partial charge in [-0.1, -0.05) is 11.6 Å². The van der Waals surface area contributed by atoms with E-state index in [2.05, 4.69) is 45.3 Å². The Hall–Kier alpha value is -6.07. The Labute approximate surface area is 413 Å². The second-order valence-electron chi connectivity index (χ2n) is 12.7. The third-order valence-corrected chi connectivity index (χ3v) is 14.9. The van der Waals surface area contributed by atoms with Crippen molar-refractivity contribution in [3.8, 4) is 6.07 Å². The van der Waals surface area contributed by atoms with Gasteiger partial charge in [0.2, 0.25) is 0 Å². The van der Waals surface area contributed by atoms with Crippen molar-refractivity contribution in [1.29, 1.82) is 5.26 Å². The predicted molar refractivity (Wildman–Crippen MR) is 259 cm³/mol.